The van der Waals surface area contributed by atoms with Gasteiger partial charge in [-0.1, -0.05) is 6.07 Å². The molecule has 0 radical (unpaired) electrons. The fraction of sp³-hybridized carbons (Fsp3) is 0.417. The van der Waals surface area contributed by atoms with Gasteiger partial charge in [-0.2, -0.15) is 5.26 Å². The van der Waals surface area contributed by atoms with Gasteiger partial charge < -0.3 is 9.64 Å². The highest BCUT2D eigenvalue weighted by atomic mass is 79.9. The standard InChI is InChI=1S/C12H15BrN2O/c1-15(2)7-4-8-16-12-6-3-5-11(13)10(12)9-14/h3,5-6H,4,7-8H2,1-2H3. The summed E-state index contributed by atoms with van der Waals surface area (Å²) in [4.78, 5) is 2.11. The molecule has 0 saturated carbocycles. The Bertz CT molecular complexity index is 385. The Morgan fingerprint density at radius 3 is 2.81 bits per heavy atom. The minimum atomic E-state index is 0.562. The zero-order valence-electron chi connectivity index (χ0n) is 9.53. The van der Waals surface area contributed by atoms with Crippen molar-refractivity contribution in [3.8, 4) is 11.8 Å². The lowest BCUT2D eigenvalue weighted by Gasteiger charge is -2.11. The molecule has 0 N–H and O–H groups in total. The van der Waals surface area contributed by atoms with E-state index in [1.807, 2.05) is 32.3 Å². The molecular formula is C12H15BrN2O. The van der Waals surface area contributed by atoms with Crippen LogP contribution in [0.25, 0.3) is 0 Å². The summed E-state index contributed by atoms with van der Waals surface area (Å²) in [6.07, 6.45) is 0.949. The number of nitrogens with zero attached hydrogens (tertiary/aromatic N) is 2. The van der Waals surface area contributed by atoms with Gasteiger partial charge in [0.05, 0.1) is 6.61 Å². The second-order valence-electron chi connectivity index (χ2n) is 3.73. The van der Waals surface area contributed by atoms with E-state index >= 15 is 0 Å². The van der Waals surface area contributed by atoms with Crippen LogP contribution >= 0.6 is 15.9 Å². The molecule has 0 aliphatic carbocycles. The lowest BCUT2D eigenvalue weighted by molar-refractivity contribution is 0.281. The first-order valence-electron chi connectivity index (χ1n) is 5.11. The van der Waals surface area contributed by atoms with Gasteiger partial charge in [-0.15, -0.1) is 0 Å². The van der Waals surface area contributed by atoms with E-state index in [0.29, 0.717) is 17.9 Å². The van der Waals surface area contributed by atoms with Crippen LogP contribution in [0.1, 0.15) is 12.0 Å². The maximum atomic E-state index is 8.98. The Morgan fingerprint density at radius 1 is 1.44 bits per heavy atom. The van der Waals surface area contributed by atoms with E-state index in [4.69, 9.17) is 10.00 Å². The molecule has 0 saturated heterocycles. The van der Waals surface area contributed by atoms with Crippen LogP contribution in [0.5, 0.6) is 5.75 Å². The maximum Gasteiger partial charge on any atom is 0.138 e. The van der Waals surface area contributed by atoms with Gasteiger partial charge in [-0.3, -0.25) is 0 Å². The summed E-state index contributed by atoms with van der Waals surface area (Å²) in [5.41, 5.74) is 0.562. The third-order valence-electron chi connectivity index (χ3n) is 2.09. The van der Waals surface area contributed by atoms with Gasteiger partial charge in [0.25, 0.3) is 0 Å². The summed E-state index contributed by atoms with van der Waals surface area (Å²) in [5.74, 6) is 0.649. The molecule has 0 heterocycles. The molecule has 0 atom stereocenters. The number of hydrogen-bond acceptors (Lipinski definition) is 3. The lowest BCUT2D eigenvalue weighted by atomic mass is 10.2. The van der Waals surface area contributed by atoms with Gasteiger partial charge in [0.1, 0.15) is 17.4 Å². The summed E-state index contributed by atoms with van der Waals surface area (Å²) < 4.78 is 6.36. The molecule has 0 bridgehead atoms. The van der Waals surface area contributed by atoms with Crippen molar-refractivity contribution in [1.82, 2.24) is 4.90 Å². The third-order valence-corrected chi connectivity index (χ3v) is 2.76. The van der Waals surface area contributed by atoms with E-state index in [0.717, 1.165) is 17.4 Å². The van der Waals surface area contributed by atoms with Gasteiger partial charge in [0.15, 0.2) is 0 Å². The molecule has 0 aromatic heterocycles. The molecule has 0 aliphatic heterocycles. The maximum absolute atomic E-state index is 8.98. The van der Waals surface area contributed by atoms with Crippen LogP contribution in [0.4, 0.5) is 0 Å². The summed E-state index contributed by atoms with van der Waals surface area (Å²) >= 11 is 3.33. The normalized spacial score (nSPS) is 10.2. The summed E-state index contributed by atoms with van der Waals surface area (Å²) in [6.45, 7) is 1.61. The van der Waals surface area contributed by atoms with Crippen molar-refractivity contribution in [3.63, 3.8) is 0 Å². The molecule has 1 rings (SSSR count). The minimum Gasteiger partial charge on any atom is -0.492 e. The van der Waals surface area contributed by atoms with Gasteiger partial charge >= 0.3 is 0 Å². The highest BCUT2D eigenvalue weighted by Crippen LogP contribution is 2.25. The fourth-order valence-corrected chi connectivity index (χ4v) is 1.73. The van der Waals surface area contributed by atoms with Crippen LogP contribution in [-0.2, 0) is 0 Å². The van der Waals surface area contributed by atoms with Gasteiger partial charge in [0, 0.05) is 11.0 Å². The zero-order chi connectivity index (χ0) is 12.0. The van der Waals surface area contributed by atoms with E-state index in [9.17, 15) is 0 Å². The largest absolute Gasteiger partial charge is 0.492 e. The minimum absolute atomic E-state index is 0.562. The number of rotatable bonds is 5. The topological polar surface area (TPSA) is 36.3 Å². The summed E-state index contributed by atoms with van der Waals surface area (Å²) in [6, 6.07) is 7.66. The molecular weight excluding hydrogens is 268 g/mol. The Morgan fingerprint density at radius 2 is 2.19 bits per heavy atom. The van der Waals surface area contributed by atoms with E-state index in [1.165, 1.54) is 0 Å². The first kappa shape index (κ1) is 13.0. The smallest absolute Gasteiger partial charge is 0.138 e. The van der Waals surface area contributed by atoms with E-state index < -0.39 is 0 Å². The van der Waals surface area contributed by atoms with Crippen LogP contribution in [0.3, 0.4) is 0 Å². The average Bonchev–Trinajstić information content (AvgIpc) is 2.24. The molecule has 1 aromatic carbocycles. The Hall–Kier alpha value is -1.05. The van der Waals surface area contributed by atoms with E-state index in [-0.39, 0.29) is 0 Å². The van der Waals surface area contributed by atoms with Crippen molar-refractivity contribution in [2.75, 3.05) is 27.2 Å². The molecule has 16 heavy (non-hydrogen) atoms. The van der Waals surface area contributed by atoms with Crippen LogP contribution < -0.4 is 4.74 Å². The summed E-state index contributed by atoms with van der Waals surface area (Å²) in [5, 5.41) is 8.98. The van der Waals surface area contributed by atoms with Crippen molar-refractivity contribution in [2.24, 2.45) is 0 Å². The Labute approximate surface area is 105 Å². The molecule has 3 nitrogen and oxygen atoms in total. The molecule has 0 amide bonds. The molecule has 86 valence electrons. The Balaban J connectivity index is 2.54. The number of nitriles is 1. The fourth-order valence-electron chi connectivity index (χ4n) is 1.30. The molecule has 4 heteroatoms. The predicted octanol–water partition coefficient (Wildman–Crippen LogP) is 2.65. The zero-order valence-corrected chi connectivity index (χ0v) is 11.1. The highest BCUT2D eigenvalue weighted by Gasteiger charge is 2.06. The van der Waals surface area contributed by atoms with Crippen molar-refractivity contribution in [1.29, 1.82) is 5.26 Å². The quantitative estimate of drug-likeness (QED) is 0.779. The second-order valence-corrected chi connectivity index (χ2v) is 4.58. The molecule has 0 fully saturated rings. The van der Waals surface area contributed by atoms with Crippen molar-refractivity contribution >= 4 is 15.9 Å². The van der Waals surface area contributed by atoms with E-state index in [1.54, 1.807) is 0 Å². The molecule has 1 aromatic rings. The first-order valence-corrected chi connectivity index (χ1v) is 5.90. The predicted molar refractivity (Wildman–Crippen MR) is 67.5 cm³/mol. The third kappa shape index (κ3) is 3.84. The van der Waals surface area contributed by atoms with Crippen LogP contribution in [0.2, 0.25) is 0 Å². The van der Waals surface area contributed by atoms with E-state index in [2.05, 4.69) is 26.9 Å². The van der Waals surface area contributed by atoms with Gasteiger partial charge in [0.2, 0.25) is 0 Å². The summed E-state index contributed by atoms with van der Waals surface area (Å²) in [7, 11) is 4.06. The second kappa shape index (κ2) is 6.51. The van der Waals surface area contributed by atoms with Crippen molar-refractivity contribution < 1.29 is 4.74 Å². The number of hydrogen-bond donors (Lipinski definition) is 0. The highest BCUT2D eigenvalue weighted by molar-refractivity contribution is 9.10. The lowest BCUT2D eigenvalue weighted by Crippen LogP contribution is -2.15. The number of benzene rings is 1. The van der Waals surface area contributed by atoms with Gasteiger partial charge in [-0.25, -0.2) is 0 Å². The SMILES string of the molecule is CN(C)CCCOc1cccc(Br)c1C#N. The van der Waals surface area contributed by atoms with Crippen LogP contribution in [0.15, 0.2) is 22.7 Å². The average molecular weight is 283 g/mol. The first-order chi connectivity index (χ1) is 7.65. The number of halogens is 1. The Kier molecular flexibility index (Phi) is 5.30. The van der Waals surface area contributed by atoms with Crippen molar-refractivity contribution in [3.05, 3.63) is 28.2 Å². The van der Waals surface area contributed by atoms with Gasteiger partial charge in [-0.05, 0) is 48.6 Å². The van der Waals surface area contributed by atoms with Crippen LogP contribution in [0, 0.1) is 11.3 Å². The van der Waals surface area contributed by atoms with Crippen molar-refractivity contribution in [2.45, 2.75) is 6.42 Å². The van der Waals surface area contributed by atoms with Crippen LogP contribution in [-0.4, -0.2) is 32.1 Å². The monoisotopic (exact) mass is 282 g/mol. The number of ether oxygens (including phenoxy) is 1. The molecule has 0 aliphatic rings. The molecule has 0 unspecified atom stereocenters. The molecule has 0 spiro atoms.